The molecule has 2 atom stereocenters. The van der Waals surface area contributed by atoms with Crippen molar-refractivity contribution >= 4 is 49.5 Å². The molecular formula is C26H36F2N5O2PS. The Labute approximate surface area is 223 Å². The number of nitrogens with two attached hydrogens (primary N) is 1. The Hall–Kier alpha value is -2.26. The summed E-state index contributed by atoms with van der Waals surface area (Å²) in [6, 6.07) is 13.0. The van der Waals surface area contributed by atoms with E-state index in [1.807, 2.05) is 41.7 Å². The minimum absolute atomic E-state index is 0.0745. The molecule has 3 rings (SSSR count). The predicted octanol–water partition coefficient (Wildman–Crippen LogP) is 5.84. The molecule has 2 unspecified atom stereocenters. The molecule has 2 aromatic carbocycles. The minimum atomic E-state index is -3.13. The largest absolute Gasteiger partial charge is 0.385 e. The highest BCUT2D eigenvalue weighted by atomic mass is 32.2. The molecule has 0 saturated carbocycles. The summed E-state index contributed by atoms with van der Waals surface area (Å²) < 4.78 is 38.0. The van der Waals surface area contributed by atoms with E-state index in [0.29, 0.717) is 29.9 Å². The number of aromatic nitrogens is 2. The summed E-state index contributed by atoms with van der Waals surface area (Å²) >= 11 is 1.48. The van der Waals surface area contributed by atoms with Crippen LogP contribution in [0.5, 0.6) is 0 Å². The van der Waals surface area contributed by atoms with Crippen LogP contribution in [0.15, 0.2) is 47.4 Å². The van der Waals surface area contributed by atoms with Crippen molar-refractivity contribution in [2.75, 3.05) is 36.9 Å². The average molecular weight is 552 g/mol. The Kier molecular flexibility index (Phi) is 10.7. The van der Waals surface area contributed by atoms with E-state index in [1.165, 1.54) is 11.9 Å². The molecular weight excluding hydrogens is 515 g/mol. The van der Waals surface area contributed by atoms with Crippen molar-refractivity contribution in [1.82, 2.24) is 9.55 Å². The smallest absolute Gasteiger partial charge is 0.315 e. The second-order valence-corrected chi connectivity index (χ2v) is 10.9. The Morgan fingerprint density at radius 1 is 1.27 bits per heavy atom. The van der Waals surface area contributed by atoms with Gasteiger partial charge in [-0.1, -0.05) is 22.6 Å². The molecule has 0 saturated heterocycles. The van der Waals surface area contributed by atoms with Gasteiger partial charge in [0.05, 0.1) is 17.6 Å². The molecule has 0 aliphatic heterocycles. The fourth-order valence-electron chi connectivity index (χ4n) is 4.28. The van der Waals surface area contributed by atoms with E-state index in [4.69, 9.17) is 10.5 Å². The maximum Gasteiger partial charge on any atom is 0.315 e. The van der Waals surface area contributed by atoms with Crippen molar-refractivity contribution < 1.29 is 18.3 Å². The third-order valence-electron chi connectivity index (χ3n) is 6.06. The van der Waals surface area contributed by atoms with Crippen LogP contribution in [0.1, 0.15) is 38.4 Å². The molecule has 3 aromatic rings. The number of fused-ring (bicyclic) bond motifs is 1. The van der Waals surface area contributed by atoms with Gasteiger partial charge in [0.1, 0.15) is 0 Å². The van der Waals surface area contributed by atoms with Crippen molar-refractivity contribution in [2.45, 2.75) is 49.7 Å². The standard InChI is InChI=1S/C26H36F2N5O2PS/c1-4-6-18(7-5-14-35-3)17-33-23-13-10-20(15-22(23)31-25(33)26(27,28)36)32(2)37-21-11-8-19(9-12-21)30-24(34)16-29/h8-13,15,18H,4-7,14,16-17,29,36H2,1-3H3,(H,30,34). The molecule has 1 amide bonds. The van der Waals surface area contributed by atoms with Crippen molar-refractivity contribution in [3.8, 4) is 0 Å². The molecule has 7 nitrogen and oxygen atoms in total. The van der Waals surface area contributed by atoms with Crippen LogP contribution >= 0.6 is 21.2 Å². The molecule has 3 N–H and O–H groups in total. The number of amides is 1. The number of carbonyl (C=O) groups is 1. The van der Waals surface area contributed by atoms with E-state index in [-0.39, 0.29) is 24.2 Å². The van der Waals surface area contributed by atoms with Crippen molar-refractivity contribution in [3.63, 3.8) is 0 Å². The first-order valence-electron chi connectivity index (χ1n) is 12.3. The maximum absolute atomic E-state index is 14.6. The van der Waals surface area contributed by atoms with Crippen LogP contribution in [0, 0.1) is 5.92 Å². The molecule has 202 valence electrons. The number of hydrogen-bond acceptors (Lipinski definition) is 6. The second kappa shape index (κ2) is 13.5. The van der Waals surface area contributed by atoms with E-state index in [2.05, 4.69) is 17.2 Å². The van der Waals surface area contributed by atoms with Crippen LogP contribution in [-0.4, -0.2) is 42.8 Å². The number of ether oxygens (including phenoxy) is 1. The quantitative estimate of drug-likeness (QED) is 0.149. The van der Waals surface area contributed by atoms with Gasteiger partial charge in [0.2, 0.25) is 5.91 Å². The lowest BCUT2D eigenvalue weighted by atomic mass is 9.98. The highest BCUT2D eigenvalue weighted by Crippen LogP contribution is 2.38. The van der Waals surface area contributed by atoms with Crippen LogP contribution < -0.4 is 15.4 Å². The number of methoxy groups -OCH3 is 1. The summed E-state index contributed by atoms with van der Waals surface area (Å²) in [7, 11) is 5.22. The first kappa shape index (κ1) is 29.3. The average Bonchev–Trinajstić information content (AvgIpc) is 3.23. The van der Waals surface area contributed by atoms with E-state index in [9.17, 15) is 13.6 Å². The molecule has 0 spiro atoms. The second-order valence-electron chi connectivity index (χ2n) is 9.00. The summed E-state index contributed by atoms with van der Waals surface area (Å²) in [4.78, 5) is 16.8. The first-order chi connectivity index (χ1) is 17.7. The lowest BCUT2D eigenvalue weighted by molar-refractivity contribution is -0.114. The third-order valence-corrected chi connectivity index (χ3v) is 7.28. The highest BCUT2D eigenvalue weighted by Gasteiger charge is 2.33. The molecule has 0 aliphatic carbocycles. The fraction of sp³-hybridized carbons (Fsp3) is 0.462. The number of hydrogen-bond donors (Lipinski definition) is 2. The topological polar surface area (TPSA) is 85.4 Å². The predicted molar refractivity (Wildman–Crippen MR) is 151 cm³/mol. The minimum Gasteiger partial charge on any atom is -0.385 e. The molecule has 1 aromatic heterocycles. The zero-order valence-electron chi connectivity index (χ0n) is 21.5. The monoisotopic (exact) mass is 551 g/mol. The van der Waals surface area contributed by atoms with E-state index in [1.54, 1.807) is 33.0 Å². The van der Waals surface area contributed by atoms with Gasteiger partial charge in [-0.25, -0.2) is 4.98 Å². The Morgan fingerprint density at radius 2 is 2.00 bits per heavy atom. The number of benzene rings is 2. The van der Waals surface area contributed by atoms with Gasteiger partial charge in [0.25, 0.3) is 0 Å². The van der Waals surface area contributed by atoms with Crippen molar-refractivity contribution in [1.29, 1.82) is 0 Å². The summed E-state index contributed by atoms with van der Waals surface area (Å²) in [5.41, 5.74) is 4.95. The van der Waals surface area contributed by atoms with Gasteiger partial charge in [-0.2, -0.15) is 8.78 Å². The van der Waals surface area contributed by atoms with Crippen LogP contribution in [0.2, 0.25) is 0 Å². The van der Waals surface area contributed by atoms with Gasteiger partial charge < -0.3 is 24.7 Å². The van der Waals surface area contributed by atoms with Gasteiger partial charge in [0, 0.05) is 43.6 Å². The molecule has 37 heavy (non-hydrogen) atoms. The van der Waals surface area contributed by atoms with Crippen LogP contribution in [0.3, 0.4) is 0 Å². The summed E-state index contributed by atoms with van der Waals surface area (Å²) in [6.07, 6.45) is 3.75. The third kappa shape index (κ3) is 8.11. The molecule has 0 radical (unpaired) electrons. The summed E-state index contributed by atoms with van der Waals surface area (Å²) in [5.74, 6) is -0.223. The Morgan fingerprint density at radius 3 is 2.62 bits per heavy atom. The summed E-state index contributed by atoms with van der Waals surface area (Å²) in [6.45, 7) is 3.19. The van der Waals surface area contributed by atoms with Crippen LogP contribution in [0.25, 0.3) is 11.0 Å². The number of nitrogens with one attached hydrogen (secondary N) is 1. The van der Waals surface area contributed by atoms with E-state index >= 15 is 0 Å². The molecule has 1 heterocycles. The van der Waals surface area contributed by atoms with Gasteiger partial charge in [-0.3, -0.25) is 4.79 Å². The van der Waals surface area contributed by atoms with Crippen molar-refractivity contribution in [2.24, 2.45) is 11.7 Å². The van der Waals surface area contributed by atoms with Crippen LogP contribution in [-0.2, 0) is 21.7 Å². The number of alkyl halides is 2. The van der Waals surface area contributed by atoms with Gasteiger partial charge >= 0.3 is 5.66 Å². The lowest BCUT2D eigenvalue weighted by Gasteiger charge is -2.21. The normalized spacial score (nSPS) is 12.6. The molecule has 11 heteroatoms. The number of halogens is 2. The SMILES string of the molecule is CCCC(CCCOC)Cn1c(C(F)(F)P)nc2cc(N(C)Sc3ccc(NC(=O)CN)cc3)ccc21. The van der Waals surface area contributed by atoms with Crippen molar-refractivity contribution in [3.05, 3.63) is 48.3 Å². The Bertz CT molecular complexity index is 1170. The number of carbonyl (C=O) groups excluding carboxylic acids is 1. The zero-order valence-corrected chi connectivity index (χ0v) is 23.5. The van der Waals surface area contributed by atoms with E-state index < -0.39 is 5.66 Å². The molecule has 0 fully saturated rings. The number of anilines is 2. The van der Waals surface area contributed by atoms with Gasteiger partial charge in [-0.05, 0) is 79.6 Å². The van der Waals surface area contributed by atoms with Gasteiger partial charge in [0.15, 0.2) is 5.82 Å². The Balaban J connectivity index is 1.83. The summed E-state index contributed by atoms with van der Waals surface area (Å²) in [5, 5.41) is 2.71. The van der Waals surface area contributed by atoms with E-state index in [0.717, 1.165) is 36.3 Å². The van der Waals surface area contributed by atoms with Gasteiger partial charge in [-0.15, -0.1) is 0 Å². The first-order valence-corrected chi connectivity index (χ1v) is 13.7. The number of nitrogens with zero attached hydrogens (tertiary/aromatic N) is 3. The fourth-order valence-corrected chi connectivity index (χ4v) is 5.30. The maximum atomic E-state index is 14.6. The van der Waals surface area contributed by atoms with Crippen LogP contribution in [0.4, 0.5) is 20.2 Å². The zero-order chi connectivity index (χ0) is 27.0. The highest BCUT2D eigenvalue weighted by molar-refractivity contribution is 8.00. The molecule has 0 bridgehead atoms. The molecule has 0 aliphatic rings. The number of imidazole rings is 1. The lowest BCUT2D eigenvalue weighted by Crippen LogP contribution is -2.21. The number of rotatable bonds is 14.